The Morgan fingerprint density at radius 2 is 1.00 bits per heavy atom. The molecule has 1 aliphatic rings. The maximum Gasteiger partial charge on any atom is 0.409 e. The van der Waals surface area contributed by atoms with E-state index in [-0.39, 0.29) is 145 Å². The average Bonchev–Trinajstić information content (AvgIpc) is 1.68. The molecule has 1 aliphatic heterocycles. The Labute approximate surface area is 584 Å². The summed E-state index contributed by atoms with van der Waals surface area (Å²) in [6.45, 7) is 12.6. The predicted octanol–water partition coefficient (Wildman–Crippen LogP) is 4.02. The number of unbranched alkanes of at least 4 members (excludes halogenated alkanes) is 1. The summed E-state index contributed by atoms with van der Waals surface area (Å²) >= 11 is 0. The Hall–Kier alpha value is -9.41. The number of carbonyl (C=O) groups excluding carboxylic acids is 6. The summed E-state index contributed by atoms with van der Waals surface area (Å²) in [6.07, 6.45) is 3.20. The Morgan fingerprint density at radius 1 is 0.578 bits per heavy atom. The van der Waals surface area contributed by atoms with Crippen molar-refractivity contribution in [1.82, 2.24) is 28.9 Å². The molecule has 3 aromatic carbocycles. The lowest BCUT2D eigenvalue weighted by molar-refractivity contribution is -0.136. The highest BCUT2D eigenvalue weighted by molar-refractivity contribution is 7.85. The van der Waals surface area contributed by atoms with E-state index in [1.165, 1.54) is 43.5 Å². The third-order valence-corrected chi connectivity index (χ3v) is 15.5. The zero-order valence-electron chi connectivity index (χ0n) is 57.2. The highest BCUT2D eigenvalue weighted by Crippen LogP contribution is 2.35. The molecule has 0 radical (unpaired) electrons. The molecular weight excluding hydrogens is 1380 g/mol. The van der Waals surface area contributed by atoms with Crippen molar-refractivity contribution in [2.24, 2.45) is 32.9 Å². The van der Waals surface area contributed by atoms with Gasteiger partial charge in [-0.05, 0) is 83.4 Å². The van der Waals surface area contributed by atoms with Crippen molar-refractivity contribution < 1.29 is 107 Å². The average molecular weight is 1460 g/mol. The number of aryl methyl sites for hydroxylation is 2. The molecule has 0 bridgehead atoms. The molecule has 102 heavy (non-hydrogen) atoms. The Balaban J connectivity index is 0.896. The van der Waals surface area contributed by atoms with Gasteiger partial charge in [0.25, 0.3) is 11.8 Å². The van der Waals surface area contributed by atoms with Crippen LogP contribution in [0.2, 0.25) is 0 Å². The van der Waals surface area contributed by atoms with Gasteiger partial charge in [-0.2, -0.15) is 17.2 Å². The molecule has 6 rings (SSSR count). The number of piperazine rings is 1. The number of methoxy groups -OCH3 is 1. The van der Waals surface area contributed by atoms with Gasteiger partial charge < -0.3 is 84.3 Å². The van der Waals surface area contributed by atoms with E-state index in [0.29, 0.717) is 105 Å². The number of nitrogens with two attached hydrogens (primary N) is 4. The van der Waals surface area contributed by atoms with Crippen LogP contribution in [-0.4, -0.2) is 234 Å². The number of primary amides is 2. The number of imidazole rings is 2. The Kier molecular flexibility index (Phi) is 32.7. The van der Waals surface area contributed by atoms with Gasteiger partial charge in [-0.15, -0.1) is 0 Å². The van der Waals surface area contributed by atoms with Gasteiger partial charge in [-0.25, -0.2) is 23.5 Å². The van der Waals surface area contributed by atoms with Crippen LogP contribution in [0.15, 0.2) is 62.7 Å². The first-order chi connectivity index (χ1) is 48.8. The summed E-state index contributed by atoms with van der Waals surface area (Å²) in [5.74, 6) is -14.6. The van der Waals surface area contributed by atoms with Crippen molar-refractivity contribution in [1.29, 1.82) is 0 Å². The van der Waals surface area contributed by atoms with Crippen LogP contribution in [0, 0.1) is 23.3 Å². The number of halogens is 4. The fraction of sp³-hybridized carbons (Fsp3) is 0.500. The van der Waals surface area contributed by atoms with Gasteiger partial charge in [-0.1, -0.05) is 0 Å². The SMILES string of the molecule is CCN=C(C=C(C)N)C(=O)Nc1nc2cc(C(N)=O)cc(OC)c2n1CCCCn1c(NC(=O)C(C=C(C)N)=NCC)nc2cc(C(N)=O)cc(OCCCN3CCN(C(=O)OCCOCCOCCOCCOCCOCCOCCC(=O)Oc4c(F)c(F)c(S(=O)(=O)O)c(F)c4F)CC3)c21. The summed E-state index contributed by atoms with van der Waals surface area (Å²) < 4.78 is 145. The second-order valence-electron chi connectivity index (χ2n) is 22.3. The van der Waals surface area contributed by atoms with Crippen LogP contribution < -0.4 is 47.8 Å². The lowest BCUT2D eigenvalue weighted by atomic mass is 10.1. The van der Waals surface area contributed by atoms with Crippen molar-refractivity contribution >= 4 is 91.2 Å². The van der Waals surface area contributed by atoms with E-state index in [1.54, 1.807) is 41.7 Å². The molecule has 11 N–H and O–H groups in total. The second kappa shape index (κ2) is 40.9. The molecule has 2 aromatic heterocycles. The van der Waals surface area contributed by atoms with Gasteiger partial charge >= 0.3 is 22.2 Å². The first kappa shape index (κ1) is 81.6. The largest absolute Gasteiger partial charge is 0.494 e. The van der Waals surface area contributed by atoms with Gasteiger partial charge in [0.2, 0.25) is 41.1 Å². The van der Waals surface area contributed by atoms with Crippen LogP contribution in [0.1, 0.15) is 74.1 Å². The van der Waals surface area contributed by atoms with E-state index in [4.69, 9.17) is 75.1 Å². The molecule has 1 saturated heterocycles. The summed E-state index contributed by atoms with van der Waals surface area (Å²) in [5, 5.41) is 5.73. The fourth-order valence-electron chi connectivity index (χ4n) is 9.98. The van der Waals surface area contributed by atoms with Gasteiger partial charge in [0.1, 0.15) is 40.6 Å². The standard InChI is InChI=1S/C64H86F4N14O19S/c1-6-73-45(33-39(3)69)60(86)77-62-75-43-35-41(58(71)84)37-47(92-5)54(43)81(62)13-8-9-14-82-55-44(76-63(82)78-61(87)46(74-7-2)34-40(4)70)36-42(59(72)85)38-48(55)99-19-10-12-79-15-17-80(18-16-79)64(88)100-32-31-98-30-29-97-28-27-96-26-25-95-24-23-94-22-21-93-20-11-49(83)101-56-50(65)52(67)57(102(89,90)91)53(68)51(56)66/h33-38H,6-32,69-70H2,1-5H3,(H2,71,84)(H2,72,85)(H,75,77,86)(H,76,78,87)(H,89,90,91). The molecule has 0 spiro atoms. The number of carbonyl (C=O) groups is 6. The summed E-state index contributed by atoms with van der Waals surface area (Å²) in [4.78, 5) is 97.2. The number of amides is 5. The number of aromatic nitrogens is 4. The minimum atomic E-state index is -5.67. The topological polar surface area (TPSA) is 444 Å². The molecule has 0 unspecified atom stereocenters. The van der Waals surface area contributed by atoms with Crippen LogP contribution in [0.5, 0.6) is 17.2 Å². The Bertz CT molecular complexity index is 3960. The molecule has 5 aromatic rings. The molecular formula is C64H86F4N14O19S. The zero-order chi connectivity index (χ0) is 74.5. The number of nitrogens with one attached hydrogen (secondary N) is 2. The van der Waals surface area contributed by atoms with Crippen molar-refractivity contribution in [3.8, 4) is 17.2 Å². The number of esters is 1. The van der Waals surface area contributed by atoms with Crippen molar-refractivity contribution in [2.45, 2.75) is 71.4 Å². The zero-order valence-corrected chi connectivity index (χ0v) is 58.0. The maximum atomic E-state index is 14.1. The van der Waals surface area contributed by atoms with Crippen LogP contribution >= 0.6 is 0 Å². The lowest BCUT2D eigenvalue weighted by Gasteiger charge is -2.34. The predicted molar refractivity (Wildman–Crippen MR) is 362 cm³/mol. The number of allylic oxidation sites excluding steroid dienone is 2. The number of hydrogen-bond acceptors (Lipinski definition) is 25. The lowest BCUT2D eigenvalue weighted by Crippen LogP contribution is -2.49. The molecule has 0 saturated carbocycles. The number of nitrogens with zero attached hydrogens (tertiary/aromatic N) is 8. The van der Waals surface area contributed by atoms with Crippen molar-refractivity contribution in [3.63, 3.8) is 0 Å². The molecule has 1 fully saturated rings. The summed E-state index contributed by atoms with van der Waals surface area (Å²) in [5.41, 5.74) is 26.0. The summed E-state index contributed by atoms with van der Waals surface area (Å²) in [7, 11) is -4.24. The van der Waals surface area contributed by atoms with E-state index in [9.17, 15) is 54.7 Å². The molecule has 0 aliphatic carbocycles. The van der Waals surface area contributed by atoms with E-state index < -0.39 is 86.1 Å². The second-order valence-corrected chi connectivity index (χ2v) is 23.7. The van der Waals surface area contributed by atoms with Gasteiger partial charge in [0.15, 0.2) is 16.5 Å². The minimum absolute atomic E-state index is 0.0131. The number of aliphatic imine (C=N–C) groups is 2. The van der Waals surface area contributed by atoms with Crippen molar-refractivity contribution in [2.75, 3.05) is 156 Å². The fourth-order valence-corrected chi connectivity index (χ4v) is 10.6. The van der Waals surface area contributed by atoms with Gasteiger partial charge in [0, 0.05) is 81.4 Å². The van der Waals surface area contributed by atoms with E-state index in [0.717, 1.165) is 0 Å². The first-order valence-corrected chi connectivity index (χ1v) is 33.8. The molecule has 33 nitrogen and oxygen atoms in total. The number of rotatable bonds is 44. The molecule has 38 heteroatoms. The highest BCUT2D eigenvalue weighted by Gasteiger charge is 2.34. The molecule has 560 valence electrons. The van der Waals surface area contributed by atoms with Crippen LogP contribution in [0.4, 0.5) is 34.3 Å². The van der Waals surface area contributed by atoms with Crippen LogP contribution in [-0.2, 0) is 70.7 Å². The van der Waals surface area contributed by atoms with Gasteiger partial charge in [-0.3, -0.25) is 54.0 Å². The monoisotopic (exact) mass is 1460 g/mol. The van der Waals surface area contributed by atoms with Crippen molar-refractivity contribution in [3.05, 3.63) is 82.2 Å². The van der Waals surface area contributed by atoms with Crippen LogP contribution in [0.25, 0.3) is 22.1 Å². The maximum absolute atomic E-state index is 14.1. The number of ether oxygens (including phenoxy) is 10. The van der Waals surface area contributed by atoms with E-state index >= 15 is 0 Å². The third-order valence-electron chi connectivity index (χ3n) is 14.6. The number of hydrogen-bond donors (Lipinski definition) is 7. The highest BCUT2D eigenvalue weighted by atomic mass is 32.2. The number of benzene rings is 3. The minimum Gasteiger partial charge on any atom is -0.494 e. The van der Waals surface area contributed by atoms with Gasteiger partial charge in [0.05, 0.1) is 110 Å². The number of anilines is 2. The Morgan fingerprint density at radius 3 is 1.41 bits per heavy atom. The quantitative estimate of drug-likeness (QED) is 0.00550. The number of fused-ring (bicyclic) bond motifs is 2. The summed E-state index contributed by atoms with van der Waals surface area (Å²) in [6, 6.07) is 6.03. The molecule has 0 atom stereocenters. The third kappa shape index (κ3) is 24.4. The smallest absolute Gasteiger partial charge is 0.409 e. The molecule has 5 amide bonds. The van der Waals surface area contributed by atoms with Crippen LogP contribution in [0.3, 0.4) is 0 Å². The van der Waals surface area contributed by atoms with E-state index in [1.807, 2.05) is 0 Å². The van der Waals surface area contributed by atoms with E-state index in [2.05, 4.69) is 35.2 Å². The first-order valence-electron chi connectivity index (χ1n) is 32.4. The normalized spacial score (nSPS) is 13.5. The molecule has 3 heterocycles.